The number of thioether (sulfide) groups is 1. The molecule has 0 bridgehead atoms. The van der Waals surface area contributed by atoms with Gasteiger partial charge in [-0.05, 0) is 36.4 Å². The first kappa shape index (κ1) is 13.9. The first-order valence-electron chi connectivity index (χ1n) is 5.56. The van der Waals surface area contributed by atoms with E-state index in [0.29, 0.717) is 17.8 Å². The van der Waals surface area contributed by atoms with Crippen molar-refractivity contribution in [3.63, 3.8) is 0 Å². The predicted molar refractivity (Wildman–Crippen MR) is 72.2 cm³/mol. The highest BCUT2D eigenvalue weighted by Crippen LogP contribution is 2.05. The number of carbonyl (C=O) groups excluding carboxylic acids is 1. The molecule has 1 rings (SSSR count). The number of carbonyl (C=O) groups is 1. The van der Waals surface area contributed by atoms with Crippen molar-refractivity contribution in [1.82, 2.24) is 5.32 Å². The van der Waals surface area contributed by atoms with Crippen LogP contribution in [0.15, 0.2) is 24.3 Å². The Bertz CT molecular complexity index is 341. The number of nitrogen functional groups attached to an aromatic ring is 1. The number of aliphatic hydroxyl groups is 1. The van der Waals surface area contributed by atoms with Crippen LogP contribution < -0.4 is 11.1 Å². The minimum absolute atomic E-state index is 0.0721. The number of rotatable bonds is 7. The Morgan fingerprint density at radius 2 is 2.00 bits per heavy atom. The van der Waals surface area contributed by atoms with E-state index in [4.69, 9.17) is 10.8 Å². The van der Waals surface area contributed by atoms with Gasteiger partial charge in [0.05, 0.1) is 6.61 Å². The number of hydrogen-bond acceptors (Lipinski definition) is 4. The molecule has 94 valence electrons. The maximum Gasteiger partial charge on any atom is 0.251 e. The summed E-state index contributed by atoms with van der Waals surface area (Å²) in [7, 11) is 0. The van der Waals surface area contributed by atoms with E-state index in [2.05, 4.69) is 5.32 Å². The number of hydrogen-bond donors (Lipinski definition) is 3. The van der Waals surface area contributed by atoms with Gasteiger partial charge in [-0.25, -0.2) is 0 Å². The number of amides is 1. The second-order valence-electron chi connectivity index (χ2n) is 3.57. The lowest BCUT2D eigenvalue weighted by atomic mass is 10.2. The van der Waals surface area contributed by atoms with Gasteiger partial charge in [0.2, 0.25) is 0 Å². The molecule has 0 fully saturated rings. The molecule has 5 heteroatoms. The van der Waals surface area contributed by atoms with Crippen molar-refractivity contribution in [2.45, 2.75) is 6.42 Å². The van der Waals surface area contributed by atoms with Crippen molar-refractivity contribution >= 4 is 23.4 Å². The van der Waals surface area contributed by atoms with Gasteiger partial charge in [-0.3, -0.25) is 4.79 Å². The van der Waals surface area contributed by atoms with Crippen molar-refractivity contribution in [2.24, 2.45) is 0 Å². The SMILES string of the molecule is Nc1ccc(C(=O)NCCCSCCO)cc1. The van der Waals surface area contributed by atoms with E-state index in [1.807, 2.05) is 0 Å². The van der Waals surface area contributed by atoms with Crippen molar-refractivity contribution < 1.29 is 9.90 Å². The molecule has 0 atom stereocenters. The summed E-state index contributed by atoms with van der Waals surface area (Å²) in [5.41, 5.74) is 6.82. The summed E-state index contributed by atoms with van der Waals surface area (Å²) in [6.45, 7) is 0.865. The van der Waals surface area contributed by atoms with Crippen LogP contribution in [-0.4, -0.2) is 35.7 Å². The van der Waals surface area contributed by atoms with Crippen molar-refractivity contribution in [1.29, 1.82) is 0 Å². The number of aliphatic hydroxyl groups excluding tert-OH is 1. The van der Waals surface area contributed by atoms with Gasteiger partial charge in [-0.1, -0.05) is 0 Å². The van der Waals surface area contributed by atoms with Crippen LogP contribution in [0.4, 0.5) is 5.69 Å². The molecule has 4 nitrogen and oxygen atoms in total. The van der Waals surface area contributed by atoms with E-state index in [-0.39, 0.29) is 12.5 Å². The third-order valence-corrected chi connectivity index (χ3v) is 3.21. The molecule has 0 aliphatic heterocycles. The Morgan fingerprint density at radius 1 is 1.29 bits per heavy atom. The zero-order valence-corrected chi connectivity index (χ0v) is 10.5. The molecule has 0 saturated heterocycles. The summed E-state index contributed by atoms with van der Waals surface area (Å²) >= 11 is 1.68. The Kier molecular flexibility index (Phi) is 6.50. The lowest BCUT2D eigenvalue weighted by molar-refractivity contribution is 0.0954. The molecule has 17 heavy (non-hydrogen) atoms. The van der Waals surface area contributed by atoms with Crippen LogP contribution in [0.5, 0.6) is 0 Å². The van der Waals surface area contributed by atoms with Gasteiger partial charge in [0, 0.05) is 23.5 Å². The zero-order valence-electron chi connectivity index (χ0n) is 9.69. The fourth-order valence-electron chi connectivity index (χ4n) is 1.28. The average Bonchev–Trinajstić information content (AvgIpc) is 2.34. The van der Waals surface area contributed by atoms with Gasteiger partial charge >= 0.3 is 0 Å². The minimum atomic E-state index is -0.0721. The largest absolute Gasteiger partial charge is 0.399 e. The van der Waals surface area contributed by atoms with Gasteiger partial charge in [0.1, 0.15) is 0 Å². The second-order valence-corrected chi connectivity index (χ2v) is 4.79. The van der Waals surface area contributed by atoms with E-state index in [1.54, 1.807) is 36.0 Å². The minimum Gasteiger partial charge on any atom is -0.399 e. The molecule has 0 saturated carbocycles. The lowest BCUT2D eigenvalue weighted by Gasteiger charge is -2.05. The third-order valence-electron chi connectivity index (χ3n) is 2.16. The van der Waals surface area contributed by atoms with Crippen LogP contribution in [-0.2, 0) is 0 Å². The lowest BCUT2D eigenvalue weighted by Crippen LogP contribution is -2.24. The molecule has 0 unspecified atom stereocenters. The van der Waals surface area contributed by atoms with Crippen LogP contribution in [0.25, 0.3) is 0 Å². The molecule has 1 amide bonds. The topological polar surface area (TPSA) is 75.4 Å². The molecule has 0 spiro atoms. The predicted octanol–water partition coefficient (Wildman–Crippen LogP) is 1.11. The number of nitrogens with two attached hydrogens (primary N) is 1. The Balaban J connectivity index is 2.19. The second kappa shape index (κ2) is 7.97. The monoisotopic (exact) mass is 254 g/mol. The highest BCUT2D eigenvalue weighted by atomic mass is 32.2. The Morgan fingerprint density at radius 3 is 2.65 bits per heavy atom. The highest BCUT2D eigenvalue weighted by Gasteiger charge is 2.03. The summed E-state index contributed by atoms with van der Waals surface area (Å²) in [6, 6.07) is 6.86. The fourth-order valence-corrected chi connectivity index (χ4v) is 1.96. The third kappa shape index (κ3) is 5.60. The maximum atomic E-state index is 11.6. The highest BCUT2D eigenvalue weighted by molar-refractivity contribution is 7.99. The number of anilines is 1. The maximum absolute atomic E-state index is 11.6. The Labute approximate surface area is 106 Å². The van der Waals surface area contributed by atoms with Gasteiger partial charge in [0.15, 0.2) is 0 Å². The summed E-state index contributed by atoms with van der Waals surface area (Å²) in [5, 5.41) is 11.4. The van der Waals surface area contributed by atoms with Gasteiger partial charge < -0.3 is 16.2 Å². The molecule has 0 aliphatic rings. The fraction of sp³-hybridized carbons (Fsp3) is 0.417. The molecule has 4 N–H and O–H groups in total. The zero-order chi connectivity index (χ0) is 12.5. The van der Waals surface area contributed by atoms with Crippen molar-refractivity contribution in [3.05, 3.63) is 29.8 Å². The van der Waals surface area contributed by atoms with Crippen LogP contribution >= 0.6 is 11.8 Å². The normalized spacial score (nSPS) is 10.2. The summed E-state index contributed by atoms with van der Waals surface area (Å²) in [6.07, 6.45) is 0.908. The van der Waals surface area contributed by atoms with Gasteiger partial charge in [-0.2, -0.15) is 11.8 Å². The van der Waals surface area contributed by atoms with E-state index in [0.717, 1.165) is 17.9 Å². The average molecular weight is 254 g/mol. The van der Waals surface area contributed by atoms with Crippen molar-refractivity contribution in [2.75, 3.05) is 30.4 Å². The van der Waals surface area contributed by atoms with Gasteiger partial charge in [-0.15, -0.1) is 0 Å². The van der Waals surface area contributed by atoms with E-state index >= 15 is 0 Å². The molecular weight excluding hydrogens is 236 g/mol. The number of benzene rings is 1. The summed E-state index contributed by atoms with van der Waals surface area (Å²) in [5.74, 6) is 1.63. The van der Waals surface area contributed by atoms with Gasteiger partial charge in [0.25, 0.3) is 5.91 Å². The molecule has 0 aromatic heterocycles. The molecule has 1 aromatic rings. The first-order chi connectivity index (χ1) is 8.24. The quantitative estimate of drug-likeness (QED) is 0.503. The van der Waals surface area contributed by atoms with E-state index in [9.17, 15) is 4.79 Å². The van der Waals surface area contributed by atoms with Crippen LogP contribution in [0.3, 0.4) is 0 Å². The molecule has 0 radical (unpaired) electrons. The van der Waals surface area contributed by atoms with E-state index < -0.39 is 0 Å². The van der Waals surface area contributed by atoms with Crippen LogP contribution in [0.1, 0.15) is 16.8 Å². The van der Waals surface area contributed by atoms with Crippen molar-refractivity contribution in [3.8, 4) is 0 Å². The standard InChI is InChI=1S/C12H18N2O2S/c13-11-4-2-10(3-5-11)12(16)14-6-1-8-17-9-7-15/h2-5,15H,1,6-9,13H2,(H,14,16). The van der Waals surface area contributed by atoms with Crippen LogP contribution in [0.2, 0.25) is 0 Å². The first-order valence-corrected chi connectivity index (χ1v) is 6.72. The number of nitrogens with one attached hydrogen (secondary N) is 1. The molecule has 0 heterocycles. The molecular formula is C12H18N2O2S. The Hall–Kier alpha value is -1.20. The summed E-state index contributed by atoms with van der Waals surface area (Å²) in [4.78, 5) is 11.6. The summed E-state index contributed by atoms with van der Waals surface area (Å²) < 4.78 is 0. The van der Waals surface area contributed by atoms with E-state index in [1.165, 1.54) is 0 Å². The smallest absolute Gasteiger partial charge is 0.251 e. The molecule has 1 aromatic carbocycles. The van der Waals surface area contributed by atoms with Crippen LogP contribution in [0, 0.1) is 0 Å². The molecule has 0 aliphatic carbocycles.